The van der Waals surface area contributed by atoms with Crippen molar-refractivity contribution in [3.63, 3.8) is 0 Å². The van der Waals surface area contributed by atoms with Crippen molar-refractivity contribution < 1.29 is 87.4 Å². The molecule has 0 saturated carbocycles. The van der Waals surface area contributed by atoms with Crippen LogP contribution in [0.4, 0.5) is 0 Å². The maximum Gasteiger partial charge on any atom is 0.0999 e. The molecule has 53 heavy (non-hydrogen) atoms. The maximum atomic E-state index is 10.8. The van der Waals surface area contributed by atoms with Gasteiger partial charge in [-0.3, -0.25) is 4.90 Å². The Morgan fingerprint density at radius 2 is 1.00 bits per heavy atom. The summed E-state index contributed by atoms with van der Waals surface area (Å²) in [6.45, 7) is 1.96. The number of aliphatic hydroxyl groups is 5. The van der Waals surface area contributed by atoms with Gasteiger partial charge in [-0.25, -0.2) is 25.3 Å². The maximum absolute atomic E-state index is 10.8. The minimum atomic E-state index is -4.40. The van der Waals surface area contributed by atoms with Gasteiger partial charge in [0.25, 0.3) is 0 Å². The van der Waals surface area contributed by atoms with Gasteiger partial charge in [0, 0.05) is 32.8 Å². The Bertz CT molecular complexity index is 1070. The summed E-state index contributed by atoms with van der Waals surface area (Å²) in [4.78, 5) is 1.51. The first-order valence-corrected chi connectivity index (χ1v) is 21.3. The molecule has 0 bridgehead atoms. The molecule has 0 rings (SSSR count). The number of nitrogens with zero attached hydrogens (tertiary/aromatic N) is 4. The van der Waals surface area contributed by atoms with Crippen molar-refractivity contribution in [3.8, 4) is 0 Å². The molecule has 0 aromatic carbocycles. The third kappa shape index (κ3) is 100. The Morgan fingerprint density at radius 3 is 1.25 bits per heavy atom. The van der Waals surface area contributed by atoms with E-state index in [0.717, 1.165) is 19.9 Å². The Hall–Kier alpha value is -0.710. The Kier molecular flexibility index (Phi) is 41.8. The fourth-order valence-electron chi connectivity index (χ4n) is 2.20. The Labute approximate surface area is 321 Å². The molecule has 23 heteroatoms. The quantitative estimate of drug-likeness (QED) is 0.0449. The third-order valence-corrected chi connectivity index (χ3v) is 6.64. The zero-order valence-corrected chi connectivity index (χ0v) is 37.0. The summed E-state index contributed by atoms with van der Waals surface area (Å²) in [5, 5.41) is 40.8. The highest BCUT2D eigenvalue weighted by Crippen LogP contribution is 2.05. The van der Waals surface area contributed by atoms with Crippen LogP contribution in [-0.2, 0) is 39.8 Å². The van der Waals surface area contributed by atoms with Crippen LogP contribution in [0.25, 0.3) is 0 Å². The molecule has 0 saturated heterocycles. The van der Waals surface area contributed by atoms with E-state index in [9.17, 15) is 38.9 Å². The van der Waals surface area contributed by atoms with Gasteiger partial charge in [-0.2, -0.15) is 0 Å². The van der Waals surface area contributed by atoms with Crippen molar-refractivity contribution in [1.29, 1.82) is 0 Å². The molecule has 0 aromatic heterocycles. The lowest BCUT2D eigenvalue weighted by Gasteiger charge is -2.20. The first-order chi connectivity index (χ1) is 23.5. The molecular weight excluding hydrogens is 769 g/mol. The van der Waals surface area contributed by atoms with Gasteiger partial charge in [0.15, 0.2) is 0 Å². The zero-order valence-electron chi connectivity index (χ0n) is 34.5. The predicted octanol–water partition coefficient (Wildman–Crippen LogP) is -3.60. The van der Waals surface area contributed by atoms with Gasteiger partial charge in [-0.05, 0) is 12.8 Å². The fraction of sp³-hybridized carbons (Fsp3) is 1.00. The molecular formula is C30H76N4O16S3. The van der Waals surface area contributed by atoms with E-state index in [4.69, 9.17) is 35.0 Å². The van der Waals surface area contributed by atoms with Crippen molar-refractivity contribution in [2.24, 2.45) is 0 Å². The summed E-state index contributed by atoms with van der Waals surface area (Å²) in [7, 11) is 12.5. The lowest BCUT2D eigenvalue weighted by molar-refractivity contribution is -0.849. The second-order valence-electron chi connectivity index (χ2n) is 15.5. The topological polar surface area (TPSA) is 294 Å². The van der Waals surface area contributed by atoms with Crippen molar-refractivity contribution in [1.82, 2.24) is 4.90 Å². The summed E-state index contributed by atoms with van der Waals surface area (Å²) in [5.74, 6) is -1.42. The smallest absolute Gasteiger partial charge is 0.0999 e. The van der Waals surface area contributed by atoms with Crippen LogP contribution in [0.1, 0.15) is 19.8 Å². The molecule has 0 fully saturated rings. The van der Waals surface area contributed by atoms with Crippen molar-refractivity contribution in [3.05, 3.63) is 0 Å². The van der Waals surface area contributed by atoms with E-state index in [-0.39, 0.29) is 65.7 Å². The summed E-state index contributed by atoms with van der Waals surface area (Å²) >= 11 is 0. The minimum absolute atomic E-state index is 0.0296. The standard InChI is InChI=1S/C9H20O6S.C6H15NO5S.3C4H12N.C3H8O5S/c1-2-5-14-6-3-9(16(11,12)13)8-15-7-4-10;8-4-1-7(2-5-9)3-6-13(10,11)12;3*1-5(2,3)4;4-1-3(5)2-9(6,7)8/h9-10H,2-8H2,1H3,(H,11,12,13);8-9H,1-6H2,(H,10,11,12);3*1-4H3;3-5H,1-2H2,(H,6,7,8)/q;;3*+1;/p-3. The van der Waals surface area contributed by atoms with Crippen LogP contribution >= 0.6 is 0 Å². The lowest BCUT2D eigenvalue weighted by Crippen LogP contribution is -2.34. The van der Waals surface area contributed by atoms with Crippen LogP contribution in [0.15, 0.2) is 0 Å². The van der Waals surface area contributed by atoms with E-state index in [1.807, 2.05) is 6.92 Å². The van der Waals surface area contributed by atoms with Gasteiger partial charge in [-0.15, -0.1) is 0 Å². The molecule has 0 spiro atoms. The molecule has 0 aliphatic carbocycles. The SMILES string of the molecule is CCCOCCC(COCCO)S(=O)(=O)[O-].C[N+](C)(C)C.C[N+](C)(C)C.C[N+](C)(C)C.O=S(=O)([O-])CC(O)CO.O=S(=O)([O-])CCN(CCO)CCO. The molecule has 0 radical (unpaired) electrons. The molecule has 0 aromatic rings. The first kappa shape index (κ1) is 64.2. The van der Waals surface area contributed by atoms with E-state index < -0.39 is 59.8 Å². The zero-order chi connectivity index (χ0) is 43.8. The minimum Gasteiger partial charge on any atom is -0.748 e. The molecule has 0 aliphatic heterocycles. The molecule has 330 valence electrons. The number of hydrogen-bond acceptors (Lipinski definition) is 17. The molecule has 2 atom stereocenters. The van der Waals surface area contributed by atoms with Crippen molar-refractivity contribution in [2.45, 2.75) is 31.1 Å². The largest absolute Gasteiger partial charge is 0.748 e. The van der Waals surface area contributed by atoms with Crippen LogP contribution in [0, 0.1) is 0 Å². The summed E-state index contributed by atoms with van der Waals surface area (Å²) in [6.07, 6.45) is -0.486. The number of ether oxygens (including phenoxy) is 2. The molecule has 0 amide bonds. The Morgan fingerprint density at radius 1 is 0.604 bits per heavy atom. The fourth-order valence-corrected chi connectivity index (χ4v) is 3.91. The van der Waals surface area contributed by atoms with E-state index in [1.54, 1.807) is 0 Å². The van der Waals surface area contributed by atoms with Crippen LogP contribution < -0.4 is 0 Å². The molecule has 0 aliphatic rings. The molecule has 5 N–H and O–H groups in total. The number of aliphatic hydroxyl groups excluding tert-OH is 5. The van der Waals surface area contributed by atoms with Crippen LogP contribution in [0.2, 0.25) is 0 Å². The number of hydrogen-bond donors (Lipinski definition) is 5. The highest BCUT2D eigenvalue weighted by molar-refractivity contribution is 7.86. The highest BCUT2D eigenvalue weighted by Gasteiger charge is 2.16. The van der Waals surface area contributed by atoms with Crippen molar-refractivity contribution in [2.75, 3.05) is 169 Å². The highest BCUT2D eigenvalue weighted by atomic mass is 32.2. The van der Waals surface area contributed by atoms with E-state index in [2.05, 4.69) is 84.6 Å². The van der Waals surface area contributed by atoms with Crippen LogP contribution in [0.5, 0.6) is 0 Å². The van der Waals surface area contributed by atoms with Gasteiger partial charge < -0.3 is 62.1 Å². The molecule has 20 nitrogen and oxygen atoms in total. The van der Waals surface area contributed by atoms with Gasteiger partial charge in [0.2, 0.25) is 0 Å². The van der Waals surface area contributed by atoms with E-state index in [1.165, 1.54) is 4.90 Å². The van der Waals surface area contributed by atoms with Gasteiger partial charge >= 0.3 is 0 Å². The van der Waals surface area contributed by atoms with E-state index >= 15 is 0 Å². The lowest BCUT2D eigenvalue weighted by atomic mass is 10.3. The first-order valence-electron chi connectivity index (χ1n) is 16.6. The summed E-state index contributed by atoms with van der Waals surface area (Å²) in [5.41, 5.74) is 0. The van der Waals surface area contributed by atoms with Gasteiger partial charge in [0.1, 0.15) is 0 Å². The summed E-state index contributed by atoms with van der Waals surface area (Å²) < 4.78 is 105. The second kappa shape index (κ2) is 34.5. The van der Waals surface area contributed by atoms with Crippen LogP contribution in [0.3, 0.4) is 0 Å². The van der Waals surface area contributed by atoms with E-state index in [0.29, 0.717) is 6.61 Å². The average molecular weight is 845 g/mol. The normalized spacial score (nSPS) is 13.2. The number of quaternary nitrogens is 3. The average Bonchev–Trinajstić information content (AvgIpc) is 2.89. The molecule has 0 heterocycles. The monoisotopic (exact) mass is 844 g/mol. The second-order valence-corrected chi connectivity index (χ2v) is 20.1. The van der Waals surface area contributed by atoms with Crippen LogP contribution in [-0.4, -0.2) is 263 Å². The number of rotatable bonds is 20. The molecule has 2 unspecified atom stereocenters. The third-order valence-electron chi connectivity index (χ3n) is 3.98. The van der Waals surface area contributed by atoms with Gasteiger partial charge in [0.05, 0.1) is 177 Å². The summed E-state index contributed by atoms with van der Waals surface area (Å²) in [6, 6.07) is 0. The predicted molar refractivity (Wildman–Crippen MR) is 202 cm³/mol. The Balaban J connectivity index is -0.000000134. The van der Waals surface area contributed by atoms with Gasteiger partial charge in [-0.1, -0.05) is 6.92 Å². The van der Waals surface area contributed by atoms with Crippen molar-refractivity contribution >= 4 is 30.4 Å².